The van der Waals surface area contributed by atoms with Crippen LogP contribution in [-0.4, -0.2) is 19.1 Å². The standard InChI is InChI=1S/C19H42N2.2FH/c1-3-4-5-6-7-8-9-10-11-12-13-14-15-16-17-21-18-19(2)20;;/h19,21H,3-18,20H2,1-2H3;2*1H. The smallest absolute Gasteiger partial charge is 0.0136 e. The quantitative estimate of drug-likeness (QED) is 0.333. The van der Waals surface area contributed by atoms with Gasteiger partial charge in [0, 0.05) is 12.6 Å². The lowest BCUT2D eigenvalue weighted by Crippen LogP contribution is -2.31. The van der Waals surface area contributed by atoms with Crippen LogP contribution >= 0.6 is 0 Å². The Bertz CT molecular complexity index is 190. The second-order valence-electron chi connectivity index (χ2n) is 6.78. The van der Waals surface area contributed by atoms with E-state index in [0.29, 0.717) is 0 Å². The maximum atomic E-state index is 5.69. The van der Waals surface area contributed by atoms with Crippen molar-refractivity contribution in [1.29, 1.82) is 0 Å². The molecule has 23 heavy (non-hydrogen) atoms. The highest BCUT2D eigenvalue weighted by Crippen LogP contribution is 2.12. The van der Waals surface area contributed by atoms with Crippen LogP contribution < -0.4 is 11.1 Å². The lowest BCUT2D eigenvalue weighted by molar-refractivity contribution is 0.525. The number of hydrogen-bond donors (Lipinski definition) is 2. The van der Waals surface area contributed by atoms with E-state index >= 15 is 0 Å². The molecule has 0 aliphatic rings. The van der Waals surface area contributed by atoms with Crippen LogP contribution in [-0.2, 0) is 0 Å². The molecule has 0 amide bonds. The Labute approximate surface area is 144 Å². The molecule has 0 saturated carbocycles. The van der Waals surface area contributed by atoms with Gasteiger partial charge in [0.15, 0.2) is 0 Å². The van der Waals surface area contributed by atoms with Crippen LogP contribution in [0.5, 0.6) is 0 Å². The summed E-state index contributed by atoms with van der Waals surface area (Å²) < 4.78 is 0. The molecule has 1 unspecified atom stereocenters. The molecular weight excluding hydrogens is 294 g/mol. The fourth-order valence-electron chi connectivity index (χ4n) is 2.77. The molecule has 3 N–H and O–H groups in total. The molecule has 0 aromatic heterocycles. The van der Waals surface area contributed by atoms with E-state index in [4.69, 9.17) is 5.73 Å². The molecule has 0 aromatic rings. The molecule has 1 atom stereocenters. The molecule has 4 heteroatoms. The highest BCUT2D eigenvalue weighted by Gasteiger charge is 1.95. The molecule has 0 aromatic carbocycles. The van der Waals surface area contributed by atoms with Crippen molar-refractivity contribution in [3.8, 4) is 0 Å². The normalized spacial score (nSPS) is 11.6. The van der Waals surface area contributed by atoms with Gasteiger partial charge in [-0.05, 0) is 19.9 Å². The largest absolute Gasteiger partial charge is 0.327 e. The van der Waals surface area contributed by atoms with Crippen LogP contribution in [0, 0.1) is 0 Å². The molecule has 0 rings (SSSR count). The van der Waals surface area contributed by atoms with E-state index in [-0.39, 0.29) is 15.5 Å². The predicted octanol–water partition coefficient (Wildman–Crippen LogP) is 5.71. The van der Waals surface area contributed by atoms with Crippen molar-refractivity contribution in [2.24, 2.45) is 5.73 Å². The monoisotopic (exact) mass is 338 g/mol. The zero-order valence-corrected chi connectivity index (χ0v) is 15.8. The van der Waals surface area contributed by atoms with Gasteiger partial charge in [-0.15, -0.1) is 0 Å². The second kappa shape index (κ2) is 24.0. The third-order valence-electron chi connectivity index (χ3n) is 4.17. The number of halogens is 2. The van der Waals surface area contributed by atoms with Crippen molar-refractivity contribution >= 4 is 0 Å². The highest BCUT2D eigenvalue weighted by molar-refractivity contribution is 4.57. The van der Waals surface area contributed by atoms with Crippen molar-refractivity contribution in [3.05, 3.63) is 0 Å². The summed E-state index contributed by atoms with van der Waals surface area (Å²) in [5, 5.41) is 3.40. The number of hydrogen-bond acceptors (Lipinski definition) is 2. The minimum atomic E-state index is 0. The van der Waals surface area contributed by atoms with Gasteiger partial charge in [-0.2, -0.15) is 0 Å². The van der Waals surface area contributed by atoms with Gasteiger partial charge in [0.05, 0.1) is 0 Å². The molecule has 0 aliphatic carbocycles. The zero-order chi connectivity index (χ0) is 15.6. The van der Waals surface area contributed by atoms with Crippen LogP contribution in [0.4, 0.5) is 9.41 Å². The van der Waals surface area contributed by atoms with Gasteiger partial charge in [-0.25, -0.2) is 0 Å². The van der Waals surface area contributed by atoms with E-state index in [1.54, 1.807) is 0 Å². The highest BCUT2D eigenvalue weighted by atomic mass is 19.0. The Kier molecular flexibility index (Phi) is 28.9. The van der Waals surface area contributed by atoms with E-state index in [2.05, 4.69) is 19.2 Å². The average Bonchev–Trinajstić information content (AvgIpc) is 2.46. The van der Waals surface area contributed by atoms with Crippen molar-refractivity contribution in [2.75, 3.05) is 13.1 Å². The van der Waals surface area contributed by atoms with Gasteiger partial charge in [-0.1, -0.05) is 90.4 Å². The Hall–Kier alpha value is -0.220. The lowest BCUT2D eigenvalue weighted by Gasteiger charge is -2.07. The van der Waals surface area contributed by atoms with E-state index in [1.165, 1.54) is 89.9 Å². The Balaban J connectivity index is -0.00000200. The molecular formula is C19H44F2N2. The molecule has 0 radical (unpaired) electrons. The van der Waals surface area contributed by atoms with Crippen molar-refractivity contribution in [1.82, 2.24) is 5.32 Å². The van der Waals surface area contributed by atoms with Crippen LogP contribution in [0.2, 0.25) is 0 Å². The topological polar surface area (TPSA) is 38.0 Å². The molecule has 2 nitrogen and oxygen atoms in total. The number of rotatable bonds is 17. The fourth-order valence-corrected chi connectivity index (χ4v) is 2.77. The van der Waals surface area contributed by atoms with Crippen LogP contribution in [0.25, 0.3) is 0 Å². The first-order chi connectivity index (χ1) is 10.3. The molecule has 0 spiro atoms. The van der Waals surface area contributed by atoms with Gasteiger partial charge in [-0.3, -0.25) is 9.41 Å². The number of nitrogens with two attached hydrogens (primary N) is 1. The second-order valence-corrected chi connectivity index (χ2v) is 6.78. The third-order valence-corrected chi connectivity index (χ3v) is 4.17. The summed E-state index contributed by atoms with van der Waals surface area (Å²) in [5.41, 5.74) is 5.69. The van der Waals surface area contributed by atoms with Crippen LogP contribution in [0.15, 0.2) is 0 Å². The van der Waals surface area contributed by atoms with Crippen molar-refractivity contribution in [3.63, 3.8) is 0 Å². The molecule has 0 heterocycles. The van der Waals surface area contributed by atoms with Crippen LogP contribution in [0.1, 0.15) is 104 Å². The van der Waals surface area contributed by atoms with Gasteiger partial charge in [0.1, 0.15) is 0 Å². The summed E-state index contributed by atoms with van der Waals surface area (Å²) in [7, 11) is 0. The molecule has 144 valence electrons. The average molecular weight is 339 g/mol. The summed E-state index contributed by atoms with van der Waals surface area (Å²) in [4.78, 5) is 0. The number of nitrogens with one attached hydrogen (secondary N) is 1. The zero-order valence-electron chi connectivity index (χ0n) is 15.8. The van der Waals surface area contributed by atoms with E-state index in [9.17, 15) is 0 Å². The Morgan fingerprint density at radius 1 is 0.652 bits per heavy atom. The third kappa shape index (κ3) is 27.0. The summed E-state index contributed by atoms with van der Waals surface area (Å²) in [6.07, 6.45) is 20.0. The summed E-state index contributed by atoms with van der Waals surface area (Å²) in [6.45, 7) is 6.44. The van der Waals surface area contributed by atoms with Gasteiger partial charge in [0.25, 0.3) is 0 Å². The molecule has 0 saturated heterocycles. The maximum Gasteiger partial charge on any atom is 0.0136 e. The van der Waals surface area contributed by atoms with E-state index in [0.717, 1.165) is 13.1 Å². The van der Waals surface area contributed by atoms with E-state index < -0.39 is 0 Å². The van der Waals surface area contributed by atoms with E-state index in [1.807, 2.05) is 0 Å². The SMILES string of the molecule is CCCCCCCCCCCCCCCCNCC(C)N.F.F. The van der Waals surface area contributed by atoms with Gasteiger partial charge in [0.2, 0.25) is 0 Å². The Morgan fingerprint density at radius 3 is 1.35 bits per heavy atom. The summed E-state index contributed by atoms with van der Waals surface area (Å²) in [5.74, 6) is 0. The summed E-state index contributed by atoms with van der Waals surface area (Å²) in [6, 6.07) is 0.289. The van der Waals surface area contributed by atoms with Crippen molar-refractivity contribution < 1.29 is 9.41 Å². The minimum absolute atomic E-state index is 0. The summed E-state index contributed by atoms with van der Waals surface area (Å²) >= 11 is 0. The molecule has 0 aliphatic heterocycles. The van der Waals surface area contributed by atoms with Crippen molar-refractivity contribution in [2.45, 2.75) is 110 Å². The van der Waals surface area contributed by atoms with Gasteiger partial charge < -0.3 is 11.1 Å². The Morgan fingerprint density at radius 2 is 1.00 bits per heavy atom. The first-order valence-electron chi connectivity index (χ1n) is 9.73. The first-order valence-corrected chi connectivity index (χ1v) is 9.73. The molecule has 0 fully saturated rings. The number of unbranched alkanes of at least 4 members (excludes halogenated alkanes) is 13. The fraction of sp³-hybridized carbons (Fsp3) is 1.00. The minimum Gasteiger partial charge on any atom is -0.327 e. The first kappa shape index (κ1) is 27.6. The van der Waals surface area contributed by atoms with Crippen LogP contribution in [0.3, 0.4) is 0 Å². The van der Waals surface area contributed by atoms with Gasteiger partial charge >= 0.3 is 0 Å². The lowest BCUT2D eigenvalue weighted by atomic mass is 10.0. The predicted molar refractivity (Wildman–Crippen MR) is 102 cm³/mol. The molecule has 0 bridgehead atoms. The maximum absolute atomic E-state index is 5.69.